The number of rotatable bonds is 5. The molecular weight excluding hydrogens is 293 g/mol. The van der Waals surface area contributed by atoms with E-state index in [1.54, 1.807) is 6.07 Å². The molecule has 0 aliphatic heterocycles. The van der Waals surface area contributed by atoms with Gasteiger partial charge in [0.2, 0.25) is 0 Å². The summed E-state index contributed by atoms with van der Waals surface area (Å²) in [6, 6.07) is 4.59. The van der Waals surface area contributed by atoms with E-state index in [0.717, 1.165) is 4.90 Å². The molecular formula is C12H13Cl2NO4. The fourth-order valence-corrected chi connectivity index (χ4v) is 1.95. The minimum Gasteiger partial charge on any atom is -0.481 e. The number of carbonyl (C=O) groups excluding carboxylic acids is 1. The Morgan fingerprint density at radius 1 is 1.32 bits per heavy atom. The van der Waals surface area contributed by atoms with Gasteiger partial charge in [-0.2, -0.15) is 0 Å². The summed E-state index contributed by atoms with van der Waals surface area (Å²) in [6.07, 6.45) is -0.834. The van der Waals surface area contributed by atoms with Gasteiger partial charge in [0.05, 0.1) is 0 Å². The number of carbonyl (C=O) groups is 2. The van der Waals surface area contributed by atoms with Crippen molar-refractivity contribution in [3.63, 3.8) is 0 Å². The van der Waals surface area contributed by atoms with E-state index in [9.17, 15) is 9.59 Å². The van der Waals surface area contributed by atoms with Crippen LogP contribution in [0, 0.1) is 0 Å². The van der Waals surface area contributed by atoms with Gasteiger partial charge in [-0.1, -0.05) is 23.2 Å². The number of hydrogen-bond donors (Lipinski definition) is 1. The fourth-order valence-electron chi connectivity index (χ4n) is 1.44. The molecule has 104 valence electrons. The third kappa shape index (κ3) is 4.96. The van der Waals surface area contributed by atoms with Crippen molar-refractivity contribution < 1.29 is 19.4 Å². The Balaban J connectivity index is 2.70. The minimum atomic E-state index is -1.09. The standard InChI is InChI=1S/C12H13Cl2NO4/c1-7(12(18)15(2)6-11(16)17)19-10-4-8(13)3-9(14)5-10/h3-5,7H,6H2,1-2H3,(H,16,17). The summed E-state index contributed by atoms with van der Waals surface area (Å²) in [5.41, 5.74) is 0. The lowest BCUT2D eigenvalue weighted by atomic mass is 10.3. The average Bonchev–Trinajstić information content (AvgIpc) is 2.25. The van der Waals surface area contributed by atoms with Crippen molar-refractivity contribution in [2.75, 3.05) is 13.6 Å². The highest BCUT2D eigenvalue weighted by atomic mass is 35.5. The van der Waals surface area contributed by atoms with Crippen LogP contribution >= 0.6 is 23.2 Å². The number of amides is 1. The number of aliphatic carboxylic acids is 1. The van der Waals surface area contributed by atoms with E-state index in [1.807, 2.05) is 0 Å². The third-order valence-electron chi connectivity index (χ3n) is 2.25. The number of carboxylic acid groups (broad SMARTS) is 1. The molecule has 0 aliphatic carbocycles. The maximum absolute atomic E-state index is 11.8. The van der Waals surface area contributed by atoms with Gasteiger partial charge in [-0.15, -0.1) is 0 Å². The van der Waals surface area contributed by atoms with Crippen LogP contribution in [0.25, 0.3) is 0 Å². The van der Waals surface area contributed by atoms with Crippen LogP contribution in [0.15, 0.2) is 18.2 Å². The van der Waals surface area contributed by atoms with E-state index in [4.69, 9.17) is 33.0 Å². The van der Waals surface area contributed by atoms with E-state index < -0.39 is 18.0 Å². The zero-order chi connectivity index (χ0) is 14.6. The van der Waals surface area contributed by atoms with Crippen LogP contribution in [0.2, 0.25) is 10.0 Å². The first-order valence-corrected chi connectivity index (χ1v) is 6.14. The molecule has 1 amide bonds. The Bertz CT molecular complexity index is 472. The monoisotopic (exact) mass is 305 g/mol. The maximum atomic E-state index is 11.8. The van der Waals surface area contributed by atoms with Crippen molar-refractivity contribution in [3.05, 3.63) is 28.2 Å². The number of nitrogens with zero attached hydrogens (tertiary/aromatic N) is 1. The van der Waals surface area contributed by atoms with Crippen LogP contribution < -0.4 is 4.74 Å². The second-order valence-corrected chi connectivity index (χ2v) is 4.83. The van der Waals surface area contributed by atoms with Gasteiger partial charge in [0, 0.05) is 17.1 Å². The molecule has 5 nitrogen and oxygen atoms in total. The number of halogens is 2. The fraction of sp³-hybridized carbons (Fsp3) is 0.333. The van der Waals surface area contributed by atoms with E-state index in [1.165, 1.54) is 26.1 Å². The Labute approximate surface area is 120 Å². The molecule has 0 bridgehead atoms. The van der Waals surface area contributed by atoms with Crippen molar-refractivity contribution in [2.24, 2.45) is 0 Å². The number of likely N-dealkylation sites (N-methyl/N-ethyl adjacent to an activating group) is 1. The van der Waals surface area contributed by atoms with E-state index in [-0.39, 0.29) is 6.54 Å². The lowest BCUT2D eigenvalue weighted by Crippen LogP contribution is -2.40. The molecule has 1 N–H and O–H groups in total. The van der Waals surface area contributed by atoms with Gasteiger partial charge < -0.3 is 14.7 Å². The SMILES string of the molecule is CC(Oc1cc(Cl)cc(Cl)c1)C(=O)N(C)CC(=O)O. The average molecular weight is 306 g/mol. The van der Waals surface area contributed by atoms with Crippen LogP contribution in [0.3, 0.4) is 0 Å². The lowest BCUT2D eigenvalue weighted by molar-refractivity contribution is -0.146. The summed E-state index contributed by atoms with van der Waals surface area (Å²) < 4.78 is 5.39. The molecule has 0 spiro atoms. The number of hydrogen-bond acceptors (Lipinski definition) is 3. The van der Waals surface area contributed by atoms with Crippen molar-refractivity contribution in [1.82, 2.24) is 4.90 Å². The van der Waals surface area contributed by atoms with Crippen molar-refractivity contribution >= 4 is 35.1 Å². The predicted octanol–water partition coefficient (Wildman–Crippen LogP) is 2.30. The highest BCUT2D eigenvalue weighted by Crippen LogP contribution is 2.25. The molecule has 1 rings (SSSR count). The smallest absolute Gasteiger partial charge is 0.323 e. The molecule has 0 fully saturated rings. The topological polar surface area (TPSA) is 66.8 Å². The Hall–Kier alpha value is -1.46. The summed E-state index contributed by atoms with van der Waals surface area (Å²) >= 11 is 11.6. The summed E-state index contributed by atoms with van der Waals surface area (Å²) in [5.74, 6) is -1.19. The molecule has 1 atom stereocenters. The quantitative estimate of drug-likeness (QED) is 0.906. The van der Waals surface area contributed by atoms with Crippen LogP contribution in [-0.4, -0.2) is 41.6 Å². The predicted molar refractivity (Wildman–Crippen MR) is 71.8 cm³/mol. The normalized spacial score (nSPS) is 11.8. The van der Waals surface area contributed by atoms with Gasteiger partial charge in [0.15, 0.2) is 6.10 Å². The van der Waals surface area contributed by atoms with Crippen molar-refractivity contribution in [2.45, 2.75) is 13.0 Å². The molecule has 1 unspecified atom stereocenters. The first kappa shape index (κ1) is 15.6. The van der Waals surface area contributed by atoms with Gasteiger partial charge in [0.25, 0.3) is 5.91 Å². The van der Waals surface area contributed by atoms with Gasteiger partial charge in [-0.25, -0.2) is 0 Å². The largest absolute Gasteiger partial charge is 0.481 e. The molecule has 0 aromatic heterocycles. The third-order valence-corrected chi connectivity index (χ3v) is 2.68. The van der Waals surface area contributed by atoms with Gasteiger partial charge in [0.1, 0.15) is 12.3 Å². The molecule has 7 heteroatoms. The molecule has 19 heavy (non-hydrogen) atoms. The molecule has 0 aliphatic rings. The Morgan fingerprint density at radius 3 is 2.32 bits per heavy atom. The van der Waals surface area contributed by atoms with Crippen molar-refractivity contribution in [3.8, 4) is 5.75 Å². The lowest BCUT2D eigenvalue weighted by Gasteiger charge is -2.20. The van der Waals surface area contributed by atoms with Gasteiger partial charge >= 0.3 is 5.97 Å². The van der Waals surface area contributed by atoms with Crippen LogP contribution in [-0.2, 0) is 9.59 Å². The number of benzene rings is 1. The van der Waals surface area contributed by atoms with Crippen LogP contribution in [0.5, 0.6) is 5.75 Å². The molecule has 0 heterocycles. The first-order chi connectivity index (χ1) is 8.79. The zero-order valence-corrected chi connectivity index (χ0v) is 11.9. The van der Waals surface area contributed by atoms with Gasteiger partial charge in [-0.05, 0) is 25.1 Å². The summed E-state index contributed by atoms with van der Waals surface area (Å²) in [6.45, 7) is 1.14. The Morgan fingerprint density at radius 2 is 1.84 bits per heavy atom. The van der Waals surface area contributed by atoms with Crippen LogP contribution in [0.1, 0.15) is 6.92 Å². The molecule has 0 saturated heterocycles. The summed E-state index contributed by atoms with van der Waals surface area (Å²) in [7, 11) is 1.39. The highest BCUT2D eigenvalue weighted by molar-refractivity contribution is 6.34. The zero-order valence-electron chi connectivity index (χ0n) is 10.4. The Kier molecular flexibility index (Phi) is 5.44. The van der Waals surface area contributed by atoms with Crippen LogP contribution in [0.4, 0.5) is 0 Å². The van der Waals surface area contributed by atoms with Crippen molar-refractivity contribution in [1.29, 1.82) is 0 Å². The second-order valence-electron chi connectivity index (χ2n) is 3.95. The first-order valence-electron chi connectivity index (χ1n) is 5.39. The molecule has 0 radical (unpaired) electrons. The highest BCUT2D eigenvalue weighted by Gasteiger charge is 2.21. The van der Waals surface area contributed by atoms with E-state index >= 15 is 0 Å². The molecule has 1 aromatic carbocycles. The summed E-state index contributed by atoms with van der Waals surface area (Å²) in [4.78, 5) is 23.4. The molecule has 1 aromatic rings. The van der Waals surface area contributed by atoms with E-state index in [2.05, 4.69) is 0 Å². The maximum Gasteiger partial charge on any atom is 0.323 e. The molecule has 0 saturated carbocycles. The number of ether oxygens (including phenoxy) is 1. The second kappa shape index (κ2) is 6.63. The van der Waals surface area contributed by atoms with E-state index in [0.29, 0.717) is 15.8 Å². The van der Waals surface area contributed by atoms with Gasteiger partial charge in [-0.3, -0.25) is 9.59 Å². The number of carboxylic acids is 1. The summed E-state index contributed by atoms with van der Waals surface area (Å²) in [5, 5.41) is 9.39. The minimum absolute atomic E-state index is 0.349.